The maximum absolute atomic E-state index is 12.8. The molecule has 0 bridgehead atoms. The quantitative estimate of drug-likeness (QED) is 0.819. The Morgan fingerprint density at radius 1 is 1.30 bits per heavy atom. The number of ether oxygens (including phenoxy) is 1. The van der Waals surface area contributed by atoms with Crippen molar-refractivity contribution >= 4 is 15.7 Å². The Balaban J connectivity index is 3.38. The standard InChI is InChI=1S/C14H24N2O3S/c1-6-14(3,4)16(5)20(17,18)13-10-11(15)8-9-12(13)19-7-2/h8-10H,6-7,15H2,1-5H3. The van der Waals surface area contributed by atoms with Gasteiger partial charge in [-0.2, -0.15) is 4.31 Å². The number of anilines is 1. The molecule has 1 rings (SSSR count). The Morgan fingerprint density at radius 3 is 2.40 bits per heavy atom. The van der Waals surface area contributed by atoms with Crippen LogP contribution in [0.4, 0.5) is 5.69 Å². The maximum atomic E-state index is 12.8. The molecular formula is C14H24N2O3S. The number of nitrogens with two attached hydrogens (primary N) is 1. The van der Waals surface area contributed by atoms with Gasteiger partial charge in [0, 0.05) is 18.3 Å². The summed E-state index contributed by atoms with van der Waals surface area (Å²) in [5.41, 5.74) is 5.64. The molecule has 0 amide bonds. The molecule has 0 aliphatic carbocycles. The van der Waals surface area contributed by atoms with E-state index in [1.165, 1.54) is 10.4 Å². The van der Waals surface area contributed by atoms with Crippen LogP contribution in [0.25, 0.3) is 0 Å². The predicted octanol–water partition coefficient (Wildman–Crippen LogP) is 2.48. The van der Waals surface area contributed by atoms with Crippen molar-refractivity contribution < 1.29 is 13.2 Å². The van der Waals surface area contributed by atoms with Gasteiger partial charge in [-0.1, -0.05) is 6.92 Å². The summed E-state index contributed by atoms with van der Waals surface area (Å²) in [5, 5.41) is 0. The molecule has 0 unspecified atom stereocenters. The minimum absolute atomic E-state index is 0.114. The Kier molecular flexibility index (Phi) is 5.05. The third-order valence-electron chi connectivity index (χ3n) is 3.62. The highest BCUT2D eigenvalue weighted by molar-refractivity contribution is 7.89. The number of nitrogens with zero attached hydrogens (tertiary/aromatic N) is 1. The second-order valence-corrected chi connectivity index (χ2v) is 7.22. The van der Waals surface area contributed by atoms with Crippen LogP contribution in [0.3, 0.4) is 0 Å². The van der Waals surface area contributed by atoms with E-state index in [-0.39, 0.29) is 4.90 Å². The topological polar surface area (TPSA) is 72.6 Å². The summed E-state index contributed by atoms with van der Waals surface area (Å²) in [6.45, 7) is 7.93. The Bertz CT molecular complexity index is 568. The van der Waals surface area contributed by atoms with Gasteiger partial charge in [0.2, 0.25) is 10.0 Å². The molecule has 0 atom stereocenters. The first kappa shape index (κ1) is 16.8. The lowest BCUT2D eigenvalue weighted by Crippen LogP contribution is -2.44. The van der Waals surface area contributed by atoms with Crippen molar-refractivity contribution in [3.63, 3.8) is 0 Å². The smallest absolute Gasteiger partial charge is 0.247 e. The average Bonchev–Trinajstić information content (AvgIpc) is 2.40. The van der Waals surface area contributed by atoms with Crippen molar-refractivity contribution in [2.24, 2.45) is 0 Å². The van der Waals surface area contributed by atoms with E-state index in [9.17, 15) is 8.42 Å². The van der Waals surface area contributed by atoms with Crippen molar-refractivity contribution in [2.45, 2.75) is 44.6 Å². The normalized spacial score (nSPS) is 12.7. The lowest BCUT2D eigenvalue weighted by molar-refractivity contribution is 0.255. The van der Waals surface area contributed by atoms with Crippen molar-refractivity contribution in [1.29, 1.82) is 0 Å². The fourth-order valence-corrected chi connectivity index (χ4v) is 3.44. The first-order valence-corrected chi connectivity index (χ1v) is 8.12. The third-order valence-corrected chi connectivity index (χ3v) is 5.71. The Morgan fingerprint density at radius 2 is 1.90 bits per heavy atom. The number of hydrogen-bond acceptors (Lipinski definition) is 4. The molecule has 1 aromatic rings. The Hall–Kier alpha value is -1.27. The van der Waals surface area contributed by atoms with Gasteiger partial charge in [0.05, 0.1) is 6.61 Å². The minimum Gasteiger partial charge on any atom is -0.492 e. The van der Waals surface area contributed by atoms with Crippen molar-refractivity contribution in [3.05, 3.63) is 18.2 Å². The van der Waals surface area contributed by atoms with Gasteiger partial charge in [0.15, 0.2) is 0 Å². The molecule has 0 spiro atoms. The maximum Gasteiger partial charge on any atom is 0.247 e. The van der Waals surface area contributed by atoms with Crippen LogP contribution in [0.2, 0.25) is 0 Å². The summed E-state index contributed by atoms with van der Waals surface area (Å²) >= 11 is 0. The monoisotopic (exact) mass is 300 g/mol. The van der Waals surface area contributed by atoms with E-state index >= 15 is 0 Å². The fourth-order valence-electron chi connectivity index (χ4n) is 1.70. The van der Waals surface area contributed by atoms with Crippen LogP contribution < -0.4 is 10.5 Å². The van der Waals surface area contributed by atoms with E-state index in [1.54, 1.807) is 19.2 Å². The molecule has 0 aliphatic rings. The summed E-state index contributed by atoms with van der Waals surface area (Å²) in [6, 6.07) is 4.68. The van der Waals surface area contributed by atoms with E-state index in [0.29, 0.717) is 24.5 Å². The van der Waals surface area contributed by atoms with Crippen molar-refractivity contribution in [1.82, 2.24) is 4.31 Å². The van der Waals surface area contributed by atoms with Crippen LogP contribution in [-0.2, 0) is 10.0 Å². The molecule has 0 radical (unpaired) electrons. The number of benzene rings is 1. The predicted molar refractivity (Wildman–Crippen MR) is 81.3 cm³/mol. The third kappa shape index (κ3) is 3.24. The minimum atomic E-state index is -3.66. The van der Waals surface area contributed by atoms with Gasteiger partial charge in [-0.25, -0.2) is 8.42 Å². The van der Waals surface area contributed by atoms with Gasteiger partial charge < -0.3 is 10.5 Å². The zero-order valence-electron chi connectivity index (χ0n) is 12.8. The molecule has 20 heavy (non-hydrogen) atoms. The molecule has 114 valence electrons. The zero-order valence-corrected chi connectivity index (χ0v) is 13.6. The van der Waals surface area contributed by atoms with Crippen LogP contribution >= 0.6 is 0 Å². The van der Waals surface area contributed by atoms with Gasteiger partial charge in [-0.3, -0.25) is 0 Å². The molecule has 1 aromatic carbocycles. The molecule has 0 aromatic heterocycles. The van der Waals surface area contributed by atoms with Crippen LogP contribution in [0, 0.1) is 0 Å². The van der Waals surface area contributed by atoms with E-state index in [1.807, 2.05) is 27.7 Å². The molecule has 0 heterocycles. The molecule has 0 saturated heterocycles. The van der Waals surface area contributed by atoms with Crippen molar-refractivity contribution in [2.75, 3.05) is 19.4 Å². The molecule has 0 saturated carbocycles. The Labute approximate surface area is 121 Å². The highest BCUT2D eigenvalue weighted by atomic mass is 32.2. The van der Waals surface area contributed by atoms with Gasteiger partial charge in [-0.15, -0.1) is 0 Å². The first-order chi connectivity index (χ1) is 9.16. The second-order valence-electron chi connectivity index (χ2n) is 5.28. The highest BCUT2D eigenvalue weighted by Gasteiger charge is 2.34. The van der Waals surface area contributed by atoms with E-state index in [4.69, 9.17) is 10.5 Å². The first-order valence-electron chi connectivity index (χ1n) is 6.68. The molecule has 2 N–H and O–H groups in total. The van der Waals surface area contributed by atoms with Crippen LogP contribution in [0.5, 0.6) is 5.75 Å². The average molecular weight is 300 g/mol. The summed E-state index contributed by atoms with van der Waals surface area (Å²) in [4.78, 5) is 0.114. The van der Waals surface area contributed by atoms with Gasteiger partial charge >= 0.3 is 0 Å². The number of nitrogen functional groups attached to an aromatic ring is 1. The summed E-state index contributed by atoms with van der Waals surface area (Å²) in [5.74, 6) is 0.334. The fraction of sp³-hybridized carbons (Fsp3) is 0.571. The van der Waals surface area contributed by atoms with Crippen molar-refractivity contribution in [3.8, 4) is 5.75 Å². The zero-order chi connectivity index (χ0) is 15.6. The SMILES string of the molecule is CCOc1ccc(N)cc1S(=O)(=O)N(C)C(C)(C)CC. The van der Waals surface area contributed by atoms with Gasteiger partial charge in [0.1, 0.15) is 10.6 Å². The molecule has 6 heteroatoms. The number of hydrogen-bond donors (Lipinski definition) is 1. The van der Waals surface area contributed by atoms with E-state index in [0.717, 1.165) is 0 Å². The summed E-state index contributed by atoms with van der Waals surface area (Å²) < 4.78 is 32.3. The molecule has 0 aliphatic heterocycles. The number of rotatable bonds is 6. The van der Waals surface area contributed by atoms with Gasteiger partial charge in [0.25, 0.3) is 0 Å². The second kappa shape index (κ2) is 6.01. The molecular weight excluding hydrogens is 276 g/mol. The summed E-state index contributed by atoms with van der Waals surface area (Å²) in [7, 11) is -2.07. The summed E-state index contributed by atoms with van der Waals surface area (Å²) in [6.07, 6.45) is 0.703. The lowest BCUT2D eigenvalue weighted by Gasteiger charge is -2.34. The van der Waals surface area contributed by atoms with E-state index in [2.05, 4.69) is 0 Å². The van der Waals surface area contributed by atoms with Crippen LogP contribution in [0.1, 0.15) is 34.1 Å². The highest BCUT2D eigenvalue weighted by Crippen LogP contribution is 2.32. The van der Waals surface area contributed by atoms with Gasteiger partial charge in [-0.05, 0) is 45.4 Å². The lowest BCUT2D eigenvalue weighted by atomic mass is 10.0. The number of sulfonamides is 1. The van der Waals surface area contributed by atoms with E-state index < -0.39 is 15.6 Å². The van der Waals surface area contributed by atoms with Crippen LogP contribution in [-0.4, -0.2) is 31.9 Å². The molecule has 0 fully saturated rings. The largest absolute Gasteiger partial charge is 0.492 e. The molecule has 5 nitrogen and oxygen atoms in total. The van der Waals surface area contributed by atoms with Crippen LogP contribution in [0.15, 0.2) is 23.1 Å².